The van der Waals surface area contributed by atoms with E-state index < -0.39 is 29.6 Å². The minimum Gasteiger partial charge on any atom is -0.469 e. The molecule has 1 aliphatic rings. The van der Waals surface area contributed by atoms with Gasteiger partial charge in [0.1, 0.15) is 22.8 Å². The first kappa shape index (κ1) is 33.3. The second-order valence-electron chi connectivity index (χ2n) is 12.8. The van der Waals surface area contributed by atoms with Crippen LogP contribution >= 0.6 is 0 Å². The number of hydrogen-bond acceptors (Lipinski definition) is 9. The number of nitrogens with zero attached hydrogens (tertiary/aromatic N) is 4. The molecule has 0 aromatic carbocycles. The van der Waals surface area contributed by atoms with Crippen molar-refractivity contribution in [2.45, 2.75) is 85.3 Å². The molecule has 2 atom stereocenters. The number of ether oxygens (including phenoxy) is 3. The number of amides is 2. The summed E-state index contributed by atoms with van der Waals surface area (Å²) in [6, 6.07) is -0.441. The number of esters is 1. The van der Waals surface area contributed by atoms with E-state index in [0.717, 1.165) is 6.42 Å². The van der Waals surface area contributed by atoms with Crippen LogP contribution in [-0.4, -0.2) is 96.4 Å². The summed E-state index contributed by atoms with van der Waals surface area (Å²) in [7, 11) is 2.98. The lowest BCUT2D eigenvalue weighted by molar-refractivity contribution is -0.148. The van der Waals surface area contributed by atoms with E-state index in [9.17, 15) is 14.4 Å². The molecule has 1 fully saturated rings. The molecule has 0 radical (unpaired) electrons. The Hall–Kier alpha value is -2.95. The fourth-order valence-electron chi connectivity index (χ4n) is 4.51. The fourth-order valence-corrected chi connectivity index (χ4v) is 4.51. The summed E-state index contributed by atoms with van der Waals surface area (Å²) in [5.41, 5.74) is -0.670. The molecule has 11 heteroatoms. The molecule has 1 N–H and O–H groups in total. The summed E-state index contributed by atoms with van der Waals surface area (Å²) in [4.78, 5) is 52.5. The Morgan fingerprint density at radius 3 is 2.35 bits per heavy atom. The van der Waals surface area contributed by atoms with E-state index in [1.807, 2.05) is 34.6 Å². The van der Waals surface area contributed by atoms with Crippen molar-refractivity contribution in [3.63, 3.8) is 0 Å². The molecule has 1 saturated heterocycles. The maximum absolute atomic E-state index is 14.2. The summed E-state index contributed by atoms with van der Waals surface area (Å²) >= 11 is 0. The van der Waals surface area contributed by atoms with Crippen LogP contribution in [0.2, 0.25) is 0 Å². The third-order valence-corrected chi connectivity index (χ3v) is 6.39. The Labute approximate surface area is 239 Å². The third kappa shape index (κ3) is 9.60. The molecule has 0 spiro atoms. The number of carbonyl (C=O) groups excluding carboxylic acids is 3. The van der Waals surface area contributed by atoms with Gasteiger partial charge in [-0.3, -0.25) is 9.59 Å². The van der Waals surface area contributed by atoms with Crippen molar-refractivity contribution in [1.29, 1.82) is 0 Å². The highest BCUT2D eigenvalue weighted by atomic mass is 16.6. The van der Waals surface area contributed by atoms with Crippen molar-refractivity contribution in [3.05, 3.63) is 17.6 Å². The maximum atomic E-state index is 14.2. The molecular formula is C29H49N5O6. The Morgan fingerprint density at radius 1 is 1.12 bits per heavy atom. The van der Waals surface area contributed by atoms with Gasteiger partial charge in [-0.05, 0) is 39.5 Å². The first-order valence-corrected chi connectivity index (χ1v) is 14.0. The van der Waals surface area contributed by atoms with Gasteiger partial charge in [-0.1, -0.05) is 34.6 Å². The molecule has 226 valence electrons. The monoisotopic (exact) mass is 563 g/mol. The van der Waals surface area contributed by atoms with Crippen molar-refractivity contribution in [2.24, 2.45) is 11.8 Å². The zero-order valence-electron chi connectivity index (χ0n) is 26.0. The van der Waals surface area contributed by atoms with Gasteiger partial charge in [0.15, 0.2) is 0 Å². The van der Waals surface area contributed by atoms with Crippen LogP contribution in [0.15, 0.2) is 6.20 Å². The Kier molecular flexibility index (Phi) is 11.7. The van der Waals surface area contributed by atoms with Crippen molar-refractivity contribution in [3.8, 4) is 0 Å². The lowest BCUT2D eigenvalue weighted by Gasteiger charge is -2.42. The van der Waals surface area contributed by atoms with E-state index in [1.165, 1.54) is 12.0 Å². The van der Waals surface area contributed by atoms with Crippen LogP contribution in [-0.2, 0) is 24.4 Å². The smallest absolute Gasteiger partial charge is 0.410 e. The first-order valence-electron chi connectivity index (χ1n) is 14.0. The Bertz CT molecular complexity index is 1020. The number of likely N-dealkylation sites (tertiary alicyclic amines) is 1. The van der Waals surface area contributed by atoms with E-state index in [1.54, 1.807) is 39.0 Å². The second-order valence-corrected chi connectivity index (χ2v) is 12.8. The number of nitrogens with one attached hydrogen (secondary N) is 1. The van der Waals surface area contributed by atoms with Gasteiger partial charge >= 0.3 is 12.1 Å². The molecule has 2 amide bonds. The summed E-state index contributed by atoms with van der Waals surface area (Å²) in [6.45, 7) is 17.4. The number of piperidine rings is 1. The molecular weight excluding hydrogens is 514 g/mol. The standard InChI is InChI=1S/C29H49N5O6/c1-19(2)16-34(21-14-20(25(36)39-10)17-33(18-21)27(37)40-29(6,7)8)24(35)22-15-31-26(28(3,4)5)32-23(22)30-12-11-13-38-9/h15,19-21H,11-14,16-18H2,1-10H3,(H,30,31,32). The van der Waals surface area contributed by atoms with Crippen molar-refractivity contribution in [2.75, 3.05) is 52.3 Å². The molecule has 0 saturated carbocycles. The Balaban J connectivity index is 2.49. The zero-order valence-corrected chi connectivity index (χ0v) is 26.0. The van der Waals surface area contributed by atoms with Crippen LogP contribution < -0.4 is 5.32 Å². The van der Waals surface area contributed by atoms with Crippen molar-refractivity contribution < 1.29 is 28.6 Å². The molecule has 1 aromatic rings. The summed E-state index contributed by atoms with van der Waals surface area (Å²) in [5.74, 6) is -0.0702. The highest BCUT2D eigenvalue weighted by Gasteiger charge is 2.40. The van der Waals surface area contributed by atoms with E-state index in [-0.39, 0.29) is 30.3 Å². The normalized spacial score (nSPS) is 17.9. The molecule has 0 aliphatic carbocycles. The minimum absolute atomic E-state index is 0.130. The second kappa shape index (κ2) is 14.1. The van der Waals surface area contributed by atoms with E-state index in [4.69, 9.17) is 19.2 Å². The topological polar surface area (TPSA) is 123 Å². The summed E-state index contributed by atoms with van der Waals surface area (Å²) < 4.78 is 15.8. The minimum atomic E-state index is -0.701. The molecule has 2 heterocycles. The Morgan fingerprint density at radius 2 is 1.80 bits per heavy atom. The van der Waals surface area contributed by atoms with Crippen LogP contribution in [0.4, 0.5) is 10.6 Å². The number of rotatable bonds is 10. The van der Waals surface area contributed by atoms with Crippen LogP contribution in [0.5, 0.6) is 0 Å². The number of anilines is 1. The lowest BCUT2D eigenvalue weighted by atomic mass is 9.92. The highest BCUT2D eigenvalue weighted by molar-refractivity contribution is 5.98. The molecule has 11 nitrogen and oxygen atoms in total. The van der Waals surface area contributed by atoms with E-state index in [0.29, 0.717) is 43.3 Å². The van der Waals surface area contributed by atoms with Gasteiger partial charge in [-0.2, -0.15) is 0 Å². The van der Waals surface area contributed by atoms with Crippen LogP contribution in [0.1, 0.15) is 84.4 Å². The predicted molar refractivity (Wildman–Crippen MR) is 153 cm³/mol. The molecule has 2 rings (SSSR count). The molecule has 0 bridgehead atoms. The number of hydrogen-bond donors (Lipinski definition) is 1. The maximum Gasteiger partial charge on any atom is 0.410 e. The van der Waals surface area contributed by atoms with Crippen LogP contribution in [0.25, 0.3) is 0 Å². The summed E-state index contributed by atoms with van der Waals surface area (Å²) in [6.07, 6.45) is 2.15. The molecule has 1 aromatic heterocycles. The molecule has 1 aliphatic heterocycles. The van der Waals surface area contributed by atoms with Gasteiger partial charge in [0.05, 0.1) is 19.1 Å². The van der Waals surface area contributed by atoms with Gasteiger partial charge in [0, 0.05) is 51.5 Å². The highest BCUT2D eigenvalue weighted by Crippen LogP contribution is 2.28. The number of methoxy groups -OCH3 is 2. The van der Waals surface area contributed by atoms with Gasteiger partial charge in [0.2, 0.25) is 0 Å². The van der Waals surface area contributed by atoms with E-state index in [2.05, 4.69) is 10.3 Å². The van der Waals surface area contributed by atoms with Crippen LogP contribution in [0.3, 0.4) is 0 Å². The average Bonchev–Trinajstić information content (AvgIpc) is 2.86. The zero-order chi connectivity index (χ0) is 30.3. The lowest BCUT2D eigenvalue weighted by Crippen LogP contribution is -2.57. The fraction of sp³-hybridized carbons (Fsp3) is 0.759. The molecule has 40 heavy (non-hydrogen) atoms. The predicted octanol–water partition coefficient (Wildman–Crippen LogP) is 4.12. The first-order chi connectivity index (χ1) is 18.6. The number of carbonyl (C=O) groups is 3. The average molecular weight is 564 g/mol. The van der Waals surface area contributed by atoms with Gasteiger partial charge in [-0.25, -0.2) is 14.8 Å². The summed E-state index contributed by atoms with van der Waals surface area (Å²) in [5, 5.41) is 3.30. The number of aromatic nitrogens is 2. The largest absolute Gasteiger partial charge is 0.469 e. The SMILES string of the molecule is COCCCNc1nc(C(C)(C)C)ncc1C(=O)N(CC(C)C)C1CC(C(=O)OC)CN(C(=O)OC(C)(C)C)C1. The van der Waals surface area contributed by atoms with Gasteiger partial charge < -0.3 is 29.3 Å². The van der Waals surface area contributed by atoms with Gasteiger partial charge in [0.25, 0.3) is 5.91 Å². The quantitative estimate of drug-likeness (QED) is 0.331. The van der Waals surface area contributed by atoms with E-state index >= 15 is 0 Å². The third-order valence-electron chi connectivity index (χ3n) is 6.39. The van der Waals surface area contributed by atoms with Crippen LogP contribution in [0, 0.1) is 11.8 Å². The molecule has 2 unspecified atom stereocenters. The van der Waals surface area contributed by atoms with Crippen molar-refractivity contribution in [1.82, 2.24) is 19.8 Å². The van der Waals surface area contributed by atoms with Crippen molar-refractivity contribution >= 4 is 23.8 Å². The van der Waals surface area contributed by atoms with Gasteiger partial charge in [-0.15, -0.1) is 0 Å².